The zero-order valence-electron chi connectivity index (χ0n) is 12.4. The van der Waals surface area contributed by atoms with E-state index in [0.29, 0.717) is 5.75 Å². The number of rotatable bonds is 4. The molecule has 23 heavy (non-hydrogen) atoms. The highest BCUT2D eigenvalue weighted by Crippen LogP contribution is 2.26. The highest BCUT2D eigenvalue weighted by atomic mass is 19.1. The van der Waals surface area contributed by atoms with Crippen LogP contribution in [0.25, 0.3) is 10.8 Å². The number of benzene rings is 2. The van der Waals surface area contributed by atoms with Crippen molar-refractivity contribution in [3.8, 4) is 5.75 Å². The second-order valence-electron chi connectivity index (χ2n) is 5.63. The van der Waals surface area contributed by atoms with Crippen LogP contribution in [-0.2, 0) is 9.59 Å². The molecule has 3 rings (SSSR count). The summed E-state index contributed by atoms with van der Waals surface area (Å²) in [4.78, 5) is 24.1. The molecule has 0 saturated carbocycles. The Kier molecular flexibility index (Phi) is 3.90. The van der Waals surface area contributed by atoms with Crippen LogP contribution in [0.5, 0.6) is 5.75 Å². The van der Waals surface area contributed by atoms with Crippen molar-refractivity contribution in [2.24, 2.45) is 0 Å². The van der Waals surface area contributed by atoms with E-state index >= 15 is 0 Å². The summed E-state index contributed by atoms with van der Waals surface area (Å²) in [5.41, 5.74) is -2.35. The number of fused-ring (bicyclic) bond motifs is 1. The molecular weight excluding hydrogens is 301 g/mol. The van der Waals surface area contributed by atoms with Crippen molar-refractivity contribution in [3.05, 3.63) is 42.5 Å². The van der Waals surface area contributed by atoms with Crippen LogP contribution in [0, 0.1) is 0 Å². The van der Waals surface area contributed by atoms with Gasteiger partial charge in [-0.3, -0.25) is 4.79 Å². The van der Waals surface area contributed by atoms with Gasteiger partial charge in [0.25, 0.3) is 5.91 Å². The molecule has 1 atom stereocenters. The van der Waals surface area contributed by atoms with Crippen LogP contribution in [0.3, 0.4) is 0 Å². The summed E-state index contributed by atoms with van der Waals surface area (Å²) in [5, 5.41) is 10.9. The summed E-state index contributed by atoms with van der Waals surface area (Å²) in [6.45, 7) is -0.584. The fraction of sp³-hybridized carbons (Fsp3) is 0.294. The molecule has 1 amide bonds. The van der Waals surface area contributed by atoms with Gasteiger partial charge in [0.05, 0.1) is 6.54 Å². The second kappa shape index (κ2) is 5.87. The number of carboxylic acids is 1. The first-order valence-electron chi connectivity index (χ1n) is 7.30. The van der Waals surface area contributed by atoms with Gasteiger partial charge in [-0.25, -0.2) is 9.18 Å². The molecule has 2 aromatic rings. The van der Waals surface area contributed by atoms with Crippen molar-refractivity contribution in [3.63, 3.8) is 0 Å². The molecule has 0 spiro atoms. The van der Waals surface area contributed by atoms with Crippen molar-refractivity contribution in [1.29, 1.82) is 0 Å². The molecular formula is C17H16FNO4. The third-order valence-corrected chi connectivity index (χ3v) is 4.04. The fourth-order valence-electron chi connectivity index (χ4n) is 2.65. The summed E-state index contributed by atoms with van der Waals surface area (Å²) in [7, 11) is 0. The summed E-state index contributed by atoms with van der Waals surface area (Å²) in [5.74, 6) is -1.40. The molecule has 5 nitrogen and oxygen atoms in total. The van der Waals surface area contributed by atoms with Crippen LogP contribution in [0.4, 0.5) is 4.39 Å². The third kappa shape index (κ3) is 3.11. The number of hydrogen-bond acceptors (Lipinski definition) is 3. The van der Waals surface area contributed by atoms with Gasteiger partial charge in [-0.1, -0.05) is 30.3 Å². The summed E-state index contributed by atoms with van der Waals surface area (Å²) in [6.07, 6.45) is -0.190. The van der Waals surface area contributed by atoms with Crippen molar-refractivity contribution in [2.75, 3.05) is 19.7 Å². The maximum atomic E-state index is 13.9. The Bertz CT molecular complexity index is 763. The predicted molar refractivity (Wildman–Crippen MR) is 82.1 cm³/mol. The molecule has 1 heterocycles. The van der Waals surface area contributed by atoms with Gasteiger partial charge in [0.2, 0.25) is 5.67 Å². The quantitative estimate of drug-likeness (QED) is 0.939. The van der Waals surface area contributed by atoms with Crippen LogP contribution in [-0.4, -0.2) is 47.2 Å². The molecule has 0 aromatic heterocycles. The first-order valence-corrected chi connectivity index (χ1v) is 7.30. The molecule has 2 aromatic carbocycles. The van der Waals surface area contributed by atoms with Crippen molar-refractivity contribution in [1.82, 2.24) is 4.90 Å². The number of ether oxygens (including phenoxy) is 1. The number of carbonyl (C=O) groups excluding carboxylic acids is 1. The zero-order chi connectivity index (χ0) is 16.4. The number of nitrogens with zero attached hydrogens (tertiary/aromatic N) is 1. The summed E-state index contributed by atoms with van der Waals surface area (Å²) in [6, 6.07) is 13.2. The van der Waals surface area contributed by atoms with E-state index in [-0.39, 0.29) is 19.6 Å². The van der Waals surface area contributed by atoms with Crippen LogP contribution in [0.2, 0.25) is 0 Å². The van der Waals surface area contributed by atoms with Crippen molar-refractivity contribution >= 4 is 22.6 Å². The molecule has 1 fully saturated rings. The molecule has 1 saturated heterocycles. The van der Waals surface area contributed by atoms with Crippen molar-refractivity contribution < 1.29 is 23.8 Å². The van der Waals surface area contributed by atoms with Gasteiger partial charge in [-0.2, -0.15) is 0 Å². The van der Waals surface area contributed by atoms with Crippen LogP contribution < -0.4 is 4.74 Å². The van der Waals surface area contributed by atoms with Crippen molar-refractivity contribution in [2.45, 2.75) is 12.1 Å². The lowest BCUT2D eigenvalue weighted by Gasteiger charge is -2.18. The lowest BCUT2D eigenvalue weighted by atomic mass is 10.1. The Morgan fingerprint density at radius 1 is 1.22 bits per heavy atom. The summed E-state index contributed by atoms with van der Waals surface area (Å²) < 4.78 is 19.4. The number of carbonyl (C=O) groups is 2. The van der Waals surface area contributed by atoms with Gasteiger partial charge in [-0.05, 0) is 22.9 Å². The van der Waals surface area contributed by atoms with Gasteiger partial charge in [-0.15, -0.1) is 0 Å². The van der Waals surface area contributed by atoms with E-state index in [1.165, 1.54) is 4.90 Å². The zero-order valence-corrected chi connectivity index (χ0v) is 12.4. The predicted octanol–water partition coefficient (Wildman–Crippen LogP) is 2.24. The van der Waals surface area contributed by atoms with E-state index in [0.717, 1.165) is 10.8 Å². The van der Waals surface area contributed by atoms with E-state index in [1.807, 2.05) is 36.4 Å². The molecule has 1 aliphatic heterocycles. The number of hydrogen-bond donors (Lipinski definition) is 1. The minimum Gasteiger partial charge on any atom is -0.484 e. The molecule has 0 bridgehead atoms. The minimum absolute atomic E-state index is 0.0860. The number of likely N-dealkylation sites (tertiary alicyclic amines) is 1. The standard InChI is InChI=1S/C17H16FNO4/c18-17(16(21)22)7-8-19(11-17)15(20)10-23-14-6-5-12-3-1-2-4-13(12)9-14/h1-6,9H,7-8,10-11H2,(H,21,22). The Labute approximate surface area is 132 Å². The number of amides is 1. The van der Waals surface area contributed by atoms with Gasteiger partial charge in [0.1, 0.15) is 5.75 Å². The number of halogens is 1. The van der Waals surface area contributed by atoms with E-state index in [1.54, 1.807) is 6.07 Å². The first-order chi connectivity index (χ1) is 11.0. The lowest BCUT2D eigenvalue weighted by Crippen LogP contribution is -2.40. The molecule has 120 valence electrons. The van der Waals surface area contributed by atoms with Gasteiger partial charge in [0.15, 0.2) is 6.61 Å². The smallest absolute Gasteiger partial charge is 0.343 e. The second-order valence-corrected chi connectivity index (χ2v) is 5.63. The Hall–Kier alpha value is -2.63. The Morgan fingerprint density at radius 3 is 2.65 bits per heavy atom. The fourth-order valence-corrected chi connectivity index (χ4v) is 2.65. The SMILES string of the molecule is O=C(COc1ccc2ccccc2c1)N1CCC(F)(C(=O)O)C1. The number of aliphatic carboxylic acids is 1. The third-order valence-electron chi connectivity index (χ3n) is 4.04. The molecule has 6 heteroatoms. The average molecular weight is 317 g/mol. The van der Waals surface area contributed by atoms with Gasteiger partial charge in [0, 0.05) is 13.0 Å². The highest BCUT2D eigenvalue weighted by Gasteiger charge is 2.46. The van der Waals surface area contributed by atoms with E-state index < -0.39 is 24.1 Å². The molecule has 0 aliphatic carbocycles. The number of carboxylic acid groups (broad SMARTS) is 1. The average Bonchev–Trinajstić information content (AvgIpc) is 2.96. The number of alkyl halides is 1. The normalized spacial score (nSPS) is 20.7. The van der Waals surface area contributed by atoms with Crippen LogP contribution >= 0.6 is 0 Å². The maximum absolute atomic E-state index is 13.9. The van der Waals surface area contributed by atoms with E-state index in [9.17, 15) is 14.0 Å². The van der Waals surface area contributed by atoms with Crippen LogP contribution in [0.15, 0.2) is 42.5 Å². The first kappa shape index (κ1) is 15.3. The highest BCUT2D eigenvalue weighted by molar-refractivity contribution is 5.84. The van der Waals surface area contributed by atoms with E-state index in [2.05, 4.69) is 0 Å². The maximum Gasteiger partial charge on any atom is 0.343 e. The Morgan fingerprint density at radius 2 is 1.96 bits per heavy atom. The van der Waals surface area contributed by atoms with Gasteiger partial charge < -0.3 is 14.7 Å². The topological polar surface area (TPSA) is 66.8 Å². The molecule has 1 N–H and O–H groups in total. The van der Waals surface area contributed by atoms with E-state index in [4.69, 9.17) is 9.84 Å². The molecule has 1 aliphatic rings. The van der Waals surface area contributed by atoms with Gasteiger partial charge >= 0.3 is 5.97 Å². The minimum atomic E-state index is -2.35. The largest absolute Gasteiger partial charge is 0.484 e. The lowest BCUT2D eigenvalue weighted by molar-refractivity contribution is -0.150. The Balaban J connectivity index is 1.61. The summed E-state index contributed by atoms with van der Waals surface area (Å²) >= 11 is 0. The molecule has 0 radical (unpaired) electrons. The monoisotopic (exact) mass is 317 g/mol. The van der Waals surface area contributed by atoms with Crippen LogP contribution in [0.1, 0.15) is 6.42 Å². The molecule has 1 unspecified atom stereocenters.